The van der Waals surface area contributed by atoms with Crippen molar-refractivity contribution in [2.45, 2.75) is 26.2 Å². The van der Waals surface area contributed by atoms with Crippen LogP contribution in [0.4, 0.5) is 0 Å². The number of carbonyl (C=O) groups excluding carboxylic acids is 2. The molecule has 2 amide bonds. The number of primary amides is 1. The standard InChI is InChI=1S/C16H20Cl2N2O2/c1-10(8-12-2-3-13(17)9-14(12)18)16(22)20-6-4-11(5-7-20)15(19)21/h2-3,9-11H,4-8H2,1H3,(H2,19,21). The molecule has 1 aliphatic rings. The lowest BCUT2D eigenvalue weighted by atomic mass is 9.94. The Bertz CT molecular complexity index is 569. The molecular formula is C16H20Cl2N2O2. The third kappa shape index (κ3) is 4.14. The molecule has 2 N–H and O–H groups in total. The molecule has 4 nitrogen and oxygen atoms in total. The molecule has 1 aromatic rings. The lowest BCUT2D eigenvalue weighted by Gasteiger charge is -2.32. The Morgan fingerprint density at radius 2 is 1.95 bits per heavy atom. The third-order valence-corrected chi connectivity index (χ3v) is 4.76. The van der Waals surface area contributed by atoms with Gasteiger partial charge in [-0.15, -0.1) is 0 Å². The fraction of sp³-hybridized carbons (Fsp3) is 0.500. The number of piperidine rings is 1. The van der Waals surface area contributed by atoms with Gasteiger partial charge in [0.1, 0.15) is 0 Å². The van der Waals surface area contributed by atoms with Gasteiger partial charge in [0.25, 0.3) is 0 Å². The van der Waals surface area contributed by atoms with E-state index >= 15 is 0 Å². The van der Waals surface area contributed by atoms with E-state index in [-0.39, 0.29) is 23.7 Å². The molecule has 120 valence electrons. The van der Waals surface area contributed by atoms with Crippen molar-refractivity contribution in [1.29, 1.82) is 0 Å². The summed E-state index contributed by atoms with van der Waals surface area (Å²) in [6.45, 7) is 3.07. The second-order valence-corrected chi connectivity index (χ2v) is 6.69. The van der Waals surface area contributed by atoms with E-state index in [1.165, 1.54) is 0 Å². The molecule has 1 fully saturated rings. The maximum Gasteiger partial charge on any atom is 0.225 e. The molecule has 0 bridgehead atoms. The first kappa shape index (κ1) is 17.1. The highest BCUT2D eigenvalue weighted by Crippen LogP contribution is 2.25. The maximum absolute atomic E-state index is 12.5. The number of benzene rings is 1. The molecule has 2 rings (SSSR count). The molecule has 22 heavy (non-hydrogen) atoms. The van der Waals surface area contributed by atoms with Crippen LogP contribution in [0, 0.1) is 11.8 Å². The predicted molar refractivity (Wildman–Crippen MR) is 87.8 cm³/mol. The molecule has 0 saturated carbocycles. The molecule has 0 radical (unpaired) electrons. The average molecular weight is 343 g/mol. The Morgan fingerprint density at radius 3 is 2.50 bits per heavy atom. The van der Waals surface area contributed by atoms with Crippen LogP contribution in [-0.2, 0) is 16.0 Å². The van der Waals surface area contributed by atoms with Gasteiger partial charge in [-0.25, -0.2) is 0 Å². The van der Waals surface area contributed by atoms with Gasteiger partial charge >= 0.3 is 0 Å². The van der Waals surface area contributed by atoms with Crippen LogP contribution in [-0.4, -0.2) is 29.8 Å². The number of rotatable bonds is 4. The highest BCUT2D eigenvalue weighted by atomic mass is 35.5. The van der Waals surface area contributed by atoms with E-state index in [0.29, 0.717) is 42.4 Å². The van der Waals surface area contributed by atoms with Crippen molar-refractivity contribution in [3.05, 3.63) is 33.8 Å². The first-order chi connectivity index (χ1) is 10.4. The molecule has 6 heteroatoms. The minimum absolute atomic E-state index is 0.0916. The zero-order valence-corrected chi connectivity index (χ0v) is 14.0. The Labute approximate surface area is 140 Å². The highest BCUT2D eigenvalue weighted by Gasteiger charge is 2.28. The number of hydrogen-bond donors (Lipinski definition) is 1. The second kappa shape index (κ2) is 7.34. The van der Waals surface area contributed by atoms with Crippen LogP contribution < -0.4 is 5.73 Å². The van der Waals surface area contributed by atoms with Gasteiger partial charge in [-0.05, 0) is 37.0 Å². The number of likely N-dealkylation sites (tertiary alicyclic amines) is 1. The molecule has 1 aliphatic heterocycles. The molecule has 1 heterocycles. The molecule has 1 aromatic carbocycles. The van der Waals surface area contributed by atoms with Gasteiger partial charge in [0, 0.05) is 35.0 Å². The van der Waals surface area contributed by atoms with Gasteiger partial charge in [0.15, 0.2) is 0 Å². The number of hydrogen-bond acceptors (Lipinski definition) is 2. The Balaban J connectivity index is 1.94. The van der Waals surface area contributed by atoms with Gasteiger partial charge in [0.2, 0.25) is 11.8 Å². The van der Waals surface area contributed by atoms with Gasteiger partial charge in [-0.1, -0.05) is 36.2 Å². The van der Waals surface area contributed by atoms with E-state index in [9.17, 15) is 9.59 Å². The summed E-state index contributed by atoms with van der Waals surface area (Å²) in [4.78, 5) is 25.5. The number of nitrogens with two attached hydrogens (primary N) is 1. The summed E-state index contributed by atoms with van der Waals surface area (Å²) >= 11 is 12.0. The van der Waals surface area contributed by atoms with Crippen molar-refractivity contribution in [1.82, 2.24) is 4.90 Å². The highest BCUT2D eigenvalue weighted by molar-refractivity contribution is 6.35. The largest absolute Gasteiger partial charge is 0.369 e. The topological polar surface area (TPSA) is 63.4 Å². The number of amides is 2. The zero-order chi connectivity index (χ0) is 16.3. The zero-order valence-electron chi connectivity index (χ0n) is 12.5. The smallest absolute Gasteiger partial charge is 0.225 e. The normalized spacial score (nSPS) is 17.3. The van der Waals surface area contributed by atoms with Crippen molar-refractivity contribution in [3.63, 3.8) is 0 Å². The van der Waals surface area contributed by atoms with E-state index in [1.807, 2.05) is 17.9 Å². The molecule has 1 unspecified atom stereocenters. The van der Waals surface area contributed by atoms with E-state index < -0.39 is 0 Å². The van der Waals surface area contributed by atoms with Gasteiger partial charge in [-0.3, -0.25) is 9.59 Å². The van der Waals surface area contributed by atoms with Crippen molar-refractivity contribution >= 4 is 35.0 Å². The van der Waals surface area contributed by atoms with Crippen LogP contribution >= 0.6 is 23.2 Å². The average Bonchev–Trinajstić information content (AvgIpc) is 2.49. The summed E-state index contributed by atoms with van der Waals surface area (Å²) < 4.78 is 0. The van der Waals surface area contributed by atoms with E-state index in [4.69, 9.17) is 28.9 Å². The summed E-state index contributed by atoms with van der Waals surface area (Å²) in [5.41, 5.74) is 6.23. The number of carbonyl (C=O) groups is 2. The van der Waals surface area contributed by atoms with E-state index in [1.54, 1.807) is 12.1 Å². The quantitative estimate of drug-likeness (QED) is 0.914. The molecule has 0 aromatic heterocycles. The van der Waals surface area contributed by atoms with Gasteiger partial charge in [0.05, 0.1) is 0 Å². The van der Waals surface area contributed by atoms with Crippen molar-refractivity contribution in [2.24, 2.45) is 17.6 Å². The Hall–Kier alpha value is -1.26. The van der Waals surface area contributed by atoms with Crippen molar-refractivity contribution in [2.75, 3.05) is 13.1 Å². The summed E-state index contributed by atoms with van der Waals surface area (Å²) in [7, 11) is 0. The van der Waals surface area contributed by atoms with Crippen LogP contribution in [0.3, 0.4) is 0 Å². The van der Waals surface area contributed by atoms with Crippen molar-refractivity contribution < 1.29 is 9.59 Å². The molecule has 0 spiro atoms. The van der Waals surface area contributed by atoms with Gasteiger partial charge < -0.3 is 10.6 Å². The maximum atomic E-state index is 12.5. The summed E-state index contributed by atoms with van der Waals surface area (Å²) in [6, 6.07) is 5.32. The first-order valence-electron chi connectivity index (χ1n) is 7.40. The minimum atomic E-state index is -0.270. The molecule has 1 atom stereocenters. The van der Waals surface area contributed by atoms with Crippen LogP contribution in [0.15, 0.2) is 18.2 Å². The number of nitrogens with zero attached hydrogens (tertiary/aromatic N) is 1. The summed E-state index contributed by atoms with van der Waals surface area (Å²) in [5, 5.41) is 1.17. The fourth-order valence-corrected chi connectivity index (χ4v) is 3.29. The second-order valence-electron chi connectivity index (χ2n) is 5.84. The summed E-state index contributed by atoms with van der Waals surface area (Å²) in [6.07, 6.45) is 1.87. The molecular weight excluding hydrogens is 323 g/mol. The minimum Gasteiger partial charge on any atom is -0.369 e. The van der Waals surface area contributed by atoms with Crippen LogP contribution in [0.1, 0.15) is 25.3 Å². The van der Waals surface area contributed by atoms with Crippen molar-refractivity contribution in [3.8, 4) is 0 Å². The molecule has 1 saturated heterocycles. The Kier molecular flexibility index (Phi) is 5.70. The van der Waals surface area contributed by atoms with Crippen LogP contribution in [0.25, 0.3) is 0 Å². The van der Waals surface area contributed by atoms with Crippen LogP contribution in [0.5, 0.6) is 0 Å². The summed E-state index contributed by atoms with van der Waals surface area (Å²) in [5.74, 6) is -0.448. The monoisotopic (exact) mass is 342 g/mol. The van der Waals surface area contributed by atoms with Crippen LogP contribution in [0.2, 0.25) is 10.0 Å². The SMILES string of the molecule is CC(Cc1ccc(Cl)cc1Cl)C(=O)N1CCC(C(N)=O)CC1. The van der Waals surface area contributed by atoms with Gasteiger partial charge in [-0.2, -0.15) is 0 Å². The van der Waals surface area contributed by atoms with E-state index in [2.05, 4.69) is 0 Å². The third-order valence-electron chi connectivity index (χ3n) is 4.17. The molecule has 0 aliphatic carbocycles. The predicted octanol–water partition coefficient (Wildman–Crippen LogP) is 2.90. The lowest BCUT2D eigenvalue weighted by Crippen LogP contribution is -2.44. The Morgan fingerprint density at radius 1 is 1.32 bits per heavy atom. The number of halogens is 2. The first-order valence-corrected chi connectivity index (χ1v) is 8.16. The fourth-order valence-electron chi connectivity index (χ4n) is 2.80. The van der Waals surface area contributed by atoms with E-state index in [0.717, 1.165) is 5.56 Å². The lowest BCUT2D eigenvalue weighted by molar-refractivity contribution is -0.138.